The van der Waals surface area contributed by atoms with Crippen molar-refractivity contribution in [2.75, 3.05) is 6.61 Å². The minimum atomic E-state index is -0.721. The van der Waals surface area contributed by atoms with Gasteiger partial charge in [0.15, 0.2) is 0 Å². The Balaban J connectivity index is 2.63. The van der Waals surface area contributed by atoms with Crippen molar-refractivity contribution in [3.63, 3.8) is 0 Å². The molecule has 0 radical (unpaired) electrons. The second-order valence-corrected chi connectivity index (χ2v) is 13.7. The second-order valence-electron chi connectivity index (χ2n) is 13.7. The zero-order chi connectivity index (χ0) is 29.6. The number of benzene rings is 2. The Labute approximate surface area is 238 Å². The maximum absolute atomic E-state index is 13.4. The number of carbonyl (C=O) groups excluding carboxylic acids is 1. The van der Waals surface area contributed by atoms with Crippen LogP contribution in [-0.4, -0.2) is 22.8 Å². The molecule has 0 aliphatic heterocycles. The summed E-state index contributed by atoms with van der Waals surface area (Å²) in [4.78, 5) is 13.4. The van der Waals surface area contributed by atoms with Crippen LogP contribution in [0.4, 0.5) is 0 Å². The molecule has 2 rings (SSSR count). The van der Waals surface area contributed by atoms with E-state index in [-0.39, 0.29) is 40.1 Å². The molecular weight excluding hydrogens is 484 g/mol. The van der Waals surface area contributed by atoms with Crippen LogP contribution in [0.2, 0.25) is 0 Å². The normalized spacial score (nSPS) is 14.2. The Morgan fingerprint density at radius 3 is 1.77 bits per heavy atom. The lowest BCUT2D eigenvalue weighted by Crippen LogP contribution is -2.31. The minimum Gasteiger partial charge on any atom is -0.508 e. The molecule has 0 amide bonds. The number of carbonyl (C=O) groups is 1. The van der Waals surface area contributed by atoms with Gasteiger partial charge in [-0.2, -0.15) is 0 Å². The average molecular weight is 539 g/mol. The van der Waals surface area contributed by atoms with E-state index in [9.17, 15) is 15.0 Å². The number of ether oxygens (including phenoxy) is 1. The second kappa shape index (κ2) is 12.8. The lowest BCUT2D eigenvalue weighted by molar-refractivity contribution is -0.148. The van der Waals surface area contributed by atoms with E-state index in [1.165, 1.54) is 0 Å². The van der Waals surface area contributed by atoms with E-state index in [1.807, 2.05) is 18.2 Å². The van der Waals surface area contributed by atoms with Crippen LogP contribution in [0.5, 0.6) is 11.5 Å². The lowest BCUT2D eigenvalue weighted by Gasteiger charge is -2.35. The molecule has 0 heterocycles. The average Bonchev–Trinajstić information content (AvgIpc) is 2.87. The van der Waals surface area contributed by atoms with Gasteiger partial charge in [-0.15, -0.1) is 0 Å². The third-order valence-electron chi connectivity index (χ3n) is 9.00. The van der Waals surface area contributed by atoms with Gasteiger partial charge in [-0.1, -0.05) is 113 Å². The van der Waals surface area contributed by atoms with E-state index in [0.717, 1.165) is 60.8 Å². The molecule has 1 atom stereocenters. The summed E-state index contributed by atoms with van der Waals surface area (Å²) < 4.78 is 5.90. The summed E-state index contributed by atoms with van der Waals surface area (Å²) in [7, 11) is 0. The molecule has 39 heavy (non-hydrogen) atoms. The molecule has 0 aliphatic carbocycles. The van der Waals surface area contributed by atoms with Gasteiger partial charge in [0.1, 0.15) is 11.5 Å². The first-order valence-electron chi connectivity index (χ1n) is 14.9. The smallest absolute Gasteiger partial charge is 0.307 e. The largest absolute Gasteiger partial charge is 0.508 e. The molecule has 4 nitrogen and oxygen atoms in total. The first-order chi connectivity index (χ1) is 18.0. The first-order valence-corrected chi connectivity index (χ1v) is 14.9. The number of hydrogen-bond acceptors (Lipinski definition) is 4. The number of phenolic OH excluding ortho intramolecular Hbond substituents is 2. The summed E-state index contributed by atoms with van der Waals surface area (Å²) in [5.74, 6) is 0.294. The molecule has 0 spiro atoms. The highest BCUT2D eigenvalue weighted by Gasteiger charge is 2.36. The Kier molecular flexibility index (Phi) is 10.7. The highest BCUT2D eigenvalue weighted by atomic mass is 16.5. The lowest BCUT2D eigenvalue weighted by atomic mass is 9.70. The fraction of sp³-hybridized carbons (Fsp3) is 0.629. The molecule has 2 aromatic carbocycles. The van der Waals surface area contributed by atoms with Crippen molar-refractivity contribution in [1.82, 2.24) is 0 Å². The Bertz CT molecular complexity index is 1100. The molecule has 2 N–H and O–H groups in total. The van der Waals surface area contributed by atoms with Crippen molar-refractivity contribution in [3.8, 4) is 11.5 Å². The third kappa shape index (κ3) is 8.02. The van der Waals surface area contributed by atoms with Gasteiger partial charge in [-0.25, -0.2) is 0 Å². The molecule has 4 heteroatoms. The molecule has 0 saturated carbocycles. The van der Waals surface area contributed by atoms with Gasteiger partial charge in [0.25, 0.3) is 0 Å². The number of rotatable bonds is 13. The number of hydrogen-bond donors (Lipinski definition) is 2. The SMILES string of the molecule is CCCCCC(C)(C)c1cc(C(C)(CC(=O)OCC(C)(CC)CC)c2ccc(O)c(C(C)(C)C)c2)ccc1O. The highest BCUT2D eigenvalue weighted by molar-refractivity contribution is 5.73. The van der Waals surface area contributed by atoms with Gasteiger partial charge in [-0.3, -0.25) is 4.79 Å². The maximum Gasteiger partial charge on any atom is 0.307 e. The molecule has 1 unspecified atom stereocenters. The van der Waals surface area contributed by atoms with Crippen LogP contribution >= 0.6 is 0 Å². The summed E-state index contributed by atoms with van der Waals surface area (Å²) >= 11 is 0. The van der Waals surface area contributed by atoms with Gasteiger partial charge in [0, 0.05) is 10.8 Å². The van der Waals surface area contributed by atoms with Crippen molar-refractivity contribution in [2.24, 2.45) is 5.41 Å². The van der Waals surface area contributed by atoms with Crippen molar-refractivity contribution < 1.29 is 19.7 Å². The quantitative estimate of drug-likeness (QED) is 0.197. The molecular formula is C35H54O4. The zero-order valence-corrected chi connectivity index (χ0v) is 26.3. The molecule has 0 bridgehead atoms. The van der Waals surface area contributed by atoms with Gasteiger partial charge in [-0.05, 0) is 64.5 Å². The Morgan fingerprint density at radius 1 is 0.769 bits per heavy atom. The summed E-state index contributed by atoms with van der Waals surface area (Å²) in [6.07, 6.45) is 6.41. The van der Waals surface area contributed by atoms with Crippen LogP contribution in [0.25, 0.3) is 0 Å². The van der Waals surface area contributed by atoms with Gasteiger partial charge in [0.05, 0.1) is 13.0 Å². The van der Waals surface area contributed by atoms with Crippen LogP contribution in [-0.2, 0) is 25.8 Å². The van der Waals surface area contributed by atoms with Crippen LogP contribution in [0.15, 0.2) is 36.4 Å². The standard InChI is InChI=1S/C35H54O4/c1-11-14-15-20-33(7,8)28-22-26(17-19-30(28)37)35(10,23-31(38)39-24-34(9,12-2)13-3)25-16-18-29(36)27(21-25)32(4,5)6/h16-19,21-22,36-37H,11-15,20,23-24H2,1-10H3. The summed E-state index contributed by atoms with van der Waals surface area (Å²) in [6, 6.07) is 11.5. The first kappa shape index (κ1) is 32.7. The number of aromatic hydroxyl groups is 2. The van der Waals surface area contributed by atoms with Crippen LogP contribution in [0, 0.1) is 5.41 Å². The summed E-state index contributed by atoms with van der Waals surface area (Å²) in [5.41, 5.74) is 2.38. The van der Waals surface area contributed by atoms with Crippen molar-refractivity contribution in [2.45, 2.75) is 130 Å². The summed E-state index contributed by atoms with van der Waals surface area (Å²) in [6.45, 7) is 21.7. The maximum atomic E-state index is 13.4. The number of esters is 1. The van der Waals surface area contributed by atoms with E-state index in [0.29, 0.717) is 6.61 Å². The van der Waals surface area contributed by atoms with Crippen molar-refractivity contribution >= 4 is 5.97 Å². The predicted octanol–water partition coefficient (Wildman–Crippen LogP) is 9.32. The monoisotopic (exact) mass is 538 g/mol. The molecule has 2 aromatic rings. The Hall–Kier alpha value is -2.49. The number of unbranched alkanes of at least 4 members (excludes halogenated alkanes) is 2. The summed E-state index contributed by atoms with van der Waals surface area (Å²) in [5, 5.41) is 21.6. The molecule has 0 aromatic heterocycles. The molecule has 0 aliphatic rings. The van der Waals surface area contributed by atoms with Gasteiger partial charge >= 0.3 is 5.97 Å². The van der Waals surface area contributed by atoms with Crippen molar-refractivity contribution in [1.29, 1.82) is 0 Å². The third-order valence-corrected chi connectivity index (χ3v) is 9.00. The van der Waals surface area contributed by atoms with E-state index in [4.69, 9.17) is 4.74 Å². The predicted molar refractivity (Wildman–Crippen MR) is 163 cm³/mol. The molecule has 218 valence electrons. The highest BCUT2D eigenvalue weighted by Crippen LogP contribution is 2.44. The van der Waals surface area contributed by atoms with Crippen LogP contribution < -0.4 is 0 Å². The van der Waals surface area contributed by atoms with E-state index < -0.39 is 5.41 Å². The zero-order valence-electron chi connectivity index (χ0n) is 26.3. The van der Waals surface area contributed by atoms with E-state index in [2.05, 4.69) is 75.3 Å². The number of phenols is 2. The van der Waals surface area contributed by atoms with Crippen LogP contribution in [0.3, 0.4) is 0 Å². The molecule has 0 saturated heterocycles. The van der Waals surface area contributed by atoms with Crippen LogP contribution in [0.1, 0.15) is 136 Å². The molecule has 0 fully saturated rings. The Morgan fingerprint density at radius 2 is 1.28 bits per heavy atom. The topological polar surface area (TPSA) is 66.8 Å². The van der Waals surface area contributed by atoms with E-state index in [1.54, 1.807) is 12.1 Å². The fourth-order valence-electron chi connectivity index (χ4n) is 5.27. The fourth-order valence-corrected chi connectivity index (χ4v) is 5.27. The van der Waals surface area contributed by atoms with Crippen molar-refractivity contribution in [3.05, 3.63) is 58.7 Å². The van der Waals surface area contributed by atoms with E-state index >= 15 is 0 Å². The van der Waals surface area contributed by atoms with Gasteiger partial charge < -0.3 is 14.9 Å². The van der Waals surface area contributed by atoms with Gasteiger partial charge in [0.2, 0.25) is 0 Å². The minimum absolute atomic E-state index is 0.0434.